The van der Waals surface area contributed by atoms with Crippen molar-refractivity contribution < 1.29 is 0 Å². The summed E-state index contributed by atoms with van der Waals surface area (Å²) in [7, 11) is 0. The number of nitrogens with one attached hydrogen (secondary N) is 4. The van der Waals surface area contributed by atoms with Crippen LogP contribution >= 0.6 is 24.4 Å². The van der Waals surface area contributed by atoms with Crippen LogP contribution in [0, 0.1) is 11.8 Å². The lowest BCUT2D eigenvalue weighted by molar-refractivity contribution is 0.349. The van der Waals surface area contributed by atoms with Gasteiger partial charge < -0.3 is 21.3 Å². The highest BCUT2D eigenvalue weighted by Crippen LogP contribution is 2.37. The van der Waals surface area contributed by atoms with Crippen LogP contribution in [0.3, 0.4) is 0 Å². The van der Waals surface area contributed by atoms with Crippen molar-refractivity contribution in [2.45, 2.75) is 102 Å². The molecule has 0 amide bonds. The molecule has 44 heavy (non-hydrogen) atoms. The van der Waals surface area contributed by atoms with Crippen LogP contribution in [0.25, 0.3) is 0 Å². The van der Waals surface area contributed by atoms with E-state index in [2.05, 4.69) is 106 Å². The molecule has 0 aromatic heterocycles. The summed E-state index contributed by atoms with van der Waals surface area (Å²) in [4.78, 5) is 0. The fourth-order valence-corrected chi connectivity index (χ4v) is 7.52. The quantitative estimate of drug-likeness (QED) is 0.133. The van der Waals surface area contributed by atoms with Crippen molar-refractivity contribution in [3.63, 3.8) is 0 Å². The predicted octanol–water partition coefficient (Wildman–Crippen LogP) is 9.04. The topological polar surface area (TPSA) is 48.1 Å². The first kappa shape index (κ1) is 32.4. The minimum Gasteiger partial charge on any atom is -0.359 e. The fraction of sp³-hybridized carbons (Fsp3) is 0.474. The third kappa shape index (κ3) is 10.0. The Kier molecular flexibility index (Phi) is 12.9. The lowest BCUT2D eigenvalue weighted by Crippen LogP contribution is -2.41. The van der Waals surface area contributed by atoms with Crippen LogP contribution in [0.4, 0.5) is 0 Å². The van der Waals surface area contributed by atoms with E-state index < -0.39 is 0 Å². The van der Waals surface area contributed by atoms with Crippen LogP contribution in [-0.2, 0) is 13.1 Å². The minimum atomic E-state index is 0.182. The Morgan fingerprint density at radius 3 is 1.30 bits per heavy atom. The number of benzene rings is 3. The highest BCUT2D eigenvalue weighted by atomic mass is 32.1. The molecule has 6 heteroatoms. The van der Waals surface area contributed by atoms with Gasteiger partial charge in [-0.3, -0.25) is 0 Å². The third-order valence-electron chi connectivity index (χ3n) is 9.54. The van der Waals surface area contributed by atoms with Gasteiger partial charge in [-0.05, 0) is 84.2 Å². The van der Waals surface area contributed by atoms with Crippen LogP contribution < -0.4 is 21.3 Å². The van der Waals surface area contributed by atoms with Crippen LogP contribution in [0.2, 0.25) is 0 Å². The molecular formula is C38H50N4S2. The number of hydrogen-bond acceptors (Lipinski definition) is 2. The largest absolute Gasteiger partial charge is 0.359 e. The van der Waals surface area contributed by atoms with Crippen molar-refractivity contribution in [3.8, 4) is 0 Å². The second-order valence-electron chi connectivity index (χ2n) is 12.8. The summed E-state index contributed by atoms with van der Waals surface area (Å²) in [5.41, 5.74) is 5.14. The number of hydrogen-bond donors (Lipinski definition) is 4. The Bertz CT molecular complexity index is 1190. The molecule has 0 spiro atoms. The second kappa shape index (κ2) is 17.5. The van der Waals surface area contributed by atoms with E-state index in [0.29, 0.717) is 11.8 Å². The van der Waals surface area contributed by atoms with Gasteiger partial charge in [0.25, 0.3) is 0 Å². The van der Waals surface area contributed by atoms with E-state index >= 15 is 0 Å². The SMILES string of the molecule is S=C(NCc1ccccc1)NC(c1cccc(C(NC(=S)NCc2ccccc2)C2CCCCCC2)c1)C1CCCCCC1. The molecule has 234 valence electrons. The van der Waals surface area contributed by atoms with Gasteiger partial charge in [0.1, 0.15) is 0 Å². The molecular weight excluding hydrogens is 577 g/mol. The van der Waals surface area contributed by atoms with Gasteiger partial charge in [0, 0.05) is 13.1 Å². The van der Waals surface area contributed by atoms with Gasteiger partial charge in [0.2, 0.25) is 0 Å². The van der Waals surface area contributed by atoms with Gasteiger partial charge in [-0.15, -0.1) is 0 Å². The molecule has 0 heterocycles. The van der Waals surface area contributed by atoms with Gasteiger partial charge >= 0.3 is 0 Å². The summed E-state index contributed by atoms with van der Waals surface area (Å²) >= 11 is 11.8. The predicted molar refractivity (Wildman–Crippen MR) is 192 cm³/mol. The first-order chi connectivity index (χ1) is 21.7. The number of rotatable bonds is 10. The molecule has 2 atom stereocenters. The van der Waals surface area contributed by atoms with E-state index in [4.69, 9.17) is 24.4 Å². The summed E-state index contributed by atoms with van der Waals surface area (Å²) in [6, 6.07) is 30.7. The molecule has 3 aromatic carbocycles. The Labute approximate surface area is 276 Å². The Hall–Kier alpha value is -2.96. The zero-order valence-electron chi connectivity index (χ0n) is 26.1. The van der Waals surface area contributed by atoms with Gasteiger partial charge in [-0.2, -0.15) is 0 Å². The van der Waals surface area contributed by atoms with Crippen molar-refractivity contribution in [1.29, 1.82) is 0 Å². The average molecular weight is 627 g/mol. The van der Waals surface area contributed by atoms with Gasteiger partial charge in [-0.1, -0.05) is 136 Å². The average Bonchev–Trinajstić information content (AvgIpc) is 3.51. The smallest absolute Gasteiger partial charge is 0.167 e. The third-order valence-corrected chi connectivity index (χ3v) is 10.1. The monoisotopic (exact) mass is 626 g/mol. The van der Waals surface area contributed by atoms with Crippen molar-refractivity contribution >= 4 is 34.7 Å². The maximum atomic E-state index is 5.90. The van der Waals surface area contributed by atoms with Gasteiger partial charge in [0.15, 0.2) is 10.2 Å². The molecule has 2 aliphatic carbocycles. The van der Waals surface area contributed by atoms with Crippen molar-refractivity contribution in [1.82, 2.24) is 21.3 Å². The first-order valence-electron chi connectivity index (χ1n) is 16.9. The molecule has 0 bridgehead atoms. The Balaban J connectivity index is 1.35. The minimum absolute atomic E-state index is 0.182. The van der Waals surface area contributed by atoms with E-state index in [-0.39, 0.29) is 12.1 Å². The van der Waals surface area contributed by atoms with E-state index in [1.165, 1.54) is 99.3 Å². The zero-order chi connectivity index (χ0) is 30.4. The molecule has 0 saturated heterocycles. The summed E-state index contributed by atoms with van der Waals surface area (Å²) in [5, 5.41) is 16.0. The summed E-state index contributed by atoms with van der Waals surface area (Å²) in [5.74, 6) is 1.12. The van der Waals surface area contributed by atoms with E-state index in [0.717, 1.165) is 23.3 Å². The molecule has 2 unspecified atom stereocenters. The zero-order valence-corrected chi connectivity index (χ0v) is 27.7. The molecule has 4 N–H and O–H groups in total. The lowest BCUT2D eigenvalue weighted by atomic mass is 9.83. The summed E-state index contributed by atoms with van der Waals surface area (Å²) in [6.07, 6.45) is 15.5. The van der Waals surface area contributed by atoms with Gasteiger partial charge in [0.05, 0.1) is 12.1 Å². The molecule has 3 aromatic rings. The first-order valence-corrected chi connectivity index (χ1v) is 17.7. The Morgan fingerprint density at radius 1 is 0.523 bits per heavy atom. The van der Waals surface area contributed by atoms with Crippen molar-refractivity contribution in [3.05, 3.63) is 107 Å². The van der Waals surface area contributed by atoms with Crippen LogP contribution in [0.15, 0.2) is 84.9 Å². The summed E-state index contributed by atoms with van der Waals surface area (Å²) in [6.45, 7) is 1.45. The van der Waals surface area contributed by atoms with Gasteiger partial charge in [-0.25, -0.2) is 0 Å². The van der Waals surface area contributed by atoms with E-state index in [1.807, 2.05) is 0 Å². The molecule has 2 fully saturated rings. The molecule has 0 radical (unpaired) electrons. The normalized spacial score (nSPS) is 17.8. The molecule has 0 aliphatic heterocycles. The maximum Gasteiger partial charge on any atom is 0.167 e. The second-order valence-corrected chi connectivity index (χ2v) is 13.6. The lowest BCUT2D eigenvalue weighted by Gasteiger charge is -2.32. The van der Waals surface area contributed by atoms with Crippen molar-refractivity contribution in [2.24, 2.45) is 11.8 Å². The Morgan fingerprint density at radius 2 is 0.909 bits per heavy atom. The molecule has 5 rings (SSSR count). The van der Waals surface area contributed by atoms with Crippen LogP contribution in [-0.4, -0.2) is 10.2 Å². The highest BCUT2D eigenvalue weighted by Gasteiger charge is 2.29. The fourth-order valence-electron chi connectivity index (χ4n) is 7.12. The molecule has 2 saturated carbocycles. The van der Waals surface area contributed by atoms with E-state index in [1.54, 1.807) is 0 Å². The van der Waals surface area contributed by atoms with E-state index in [9.17, 15) is 0 Å². The molecule has 4 nitrogen and oxygen atoms in total. The molecule has 2 aliphatic rings. The standard InChI is InChI=1S/C38H50N4S2/c43-37(39-27-29-16-7-5-8-17-29)41-35(31-20-11-1-2-12-21-31)33-24-15-25-34(26-33)36(32-22-13-3-4-14-23-32)42-38(44)40-28-30-18-9-6-10-19-30/h5-10,15-19,24-26,31-32,35-36H,1-4,11-14,20-23,27-28H2,(H2,39,41,43)(H2,40,42,44). The van der Waals surface area contributed by atoms with Crippen LogP contribution in [0.1, 0.15) is 111 Å². The van der Waals surface area contributed by atoms with Crippen molar-refractivity contribution in [2.75, 3.05) is 0 Å². The summed E-state index contributed by atoms with van der Waals surface area (Å²) < 4.78 is 0. The highest BCUT2D eigenvalue weighted by molar-refractivity contribution is 7.80. The van der Waals surface area contributed by atoms with Crippen LogP contribution in [0.5, 0.6) is 0 Å². The maximum absolute atomic E-state index is 5.90. The number of thiocarbonyl (C=S) groups is 2.